The molecule has 1 saturated heterocycles. The van der Waals surface area contributed by atoms with Gasteiger partial charge < -0.3 is 14.6 Å². The molecule has 4 rings (SSSR count). The predicted octanol–water partition coefficient (Wildman–Crippen LogP) is 4.82. The highest BCUT2D eigenvalue weighted by molar-refractivity contribution is 6.30. The summed E-state index contributed by atoms with van der Waals surface area (Å²) in [5.41, 5.74) is 2.27. The van der Waals surface area contributed by atoms with Crippen molar-refractivity contribution in [2.24, 2.45) is 5.92 Å². The highest BCUT2D eigenvalue weighted by atomic mass is 35.5. The number of amides is 2. The van der Waals surface area contributed by atoms with Crippen molar-refractivity contribution in [2.75, 3.05) is 18.4 Å². The maximum atomic E-state index is 13.0. The average molecular weight is 409 g/mol. The Bertz CT molecular complexity index is 988. The molecule has 2 atom stereocenters. The van der Waals surface area contributed by atoms with Gasteiger partial charge in [0.25, 0.3) is 5.91 Å². The molecular formula is C23H21ClN2O3. The summed E-state index contributed by atoms with van der Waals surface area (Å²) in [5, 5.41) is 3.50. The van der Waals surface area contributed by atoms with Crippen molar-refractivity contribution >= 4 is 29.1 Å². The molecule has 1 fully saturated rings. The van der Waals surface area contributed by atoms with E-state index in [9.17, 15) is 9.59 Å². The first kappa shape index (κ1) is 19.3. The van der Waals surface area contributed by atoms with Crippen LogP contribution in [-0.4, -0.2) is 29.8 Å². The minimum atomic E-state index is -0.330. The molecule has 0 spiro atoms. The standard InChI is InChI=1S/C23H21ClN2O3/c24-20-7-4-8-21(12-20)25-22(27)19-11-18(16-5-2-1-3-6-16)13-26(14-19)23(28)17-9-10-29-15-17/h1-10,12,15,18-19H,11,13-14H2,(H,25,27). The van der Waals surface area contributed by atoms with Crippen LogP contribution in [0.25, 0.3) is 0 Å². The molecule has 0 bridgehead atoms. The maximum Gasteiger partial charge on any atom is 0.257 e. The summed E-state index contributed by atoms with van der Waals surface area (Å²) in [5.74, 6) is -0.488. The molecule has 2 unspecified atom stereocenters. The lowest BCUT2D eigenvalue weighted by atomic mass is 9.83. The van der Waals surface area contributed by atoms with E-state index in [1.807, 2.05) is 30.3 Å². The molecule has 2 heterocycles. The maximum absolute atomic E-state index is 13.0. The van der Waals surface area contributed by atoms with Crippen LogP contribution >= 0.6 is 11.6 Å². The third-order valence-corrected chi connectivity index (χ3v) is 5.47. The Hall–Kier alpha value is -3.05. The first-order valence-corrected chi connectivity index (χ1v) is 9.91. The van der Waals surface area contributed by atoms with Crippen molar-refractivity contribution in [1.82, 2.24) is 4.90 Å². The Labute approximate surface area is 174 Å². The second kappa shape index (κ2) is 8.53. The lowest BCUT2D eigenvalue weighted by molar-refractivity contribution is -0.121. The third kappa shape index (κ3) is 4.51. The number of hydrogen-bond donors (Lipinski definition) is 1. The molecule has 29 heavy (non-hydrogen) atoms. The van der Waals surface area contributed by atoms with Crippen LogP contribution < -0.4 is 5.32 Å². The second-order valence-electron chi connectivity index (χ2n) is 7.26. The number of likely N-dealkylation sites (tertiary alicyclic amines) is 1. The predicted molar refractivity (Wildman–Crippen MR) is 112 cm³/mol. The van der Waals surface area contributed by atoms with E-state index in [0.717, 1.165) is 5.56 Å². The molecule has 1 aromatic heterocycles. The number of nitrogens with zero attached hydrogens (tertiary/aromatic N) is 1. The van der Waals surface area contributed by atoms with E-state index in [2.05, 4.69) is 5.32 Å². The zero-order valence-corrected chi connectivity index (χ0v) is 16.5. The van der Waals surface area contributed by atoms with Crippen molar-refractivity contribution in [1.29, 1.82) is 0 Å². The first-order chi connectivity index (χ1) is 14.1. The highest BCUT2D eigenvalue weighted by Crippen LogP contribution is 2.32. The third-order valence-electron chi connectivity index (χ3n) is 5.24. The Morgan fingerprint density at radius 2 is 1.86 bits per heavy atom. The number of benzene rings is 2. The number of piperidine rings is 1. The van der Waals surface area contributed by atoms with Crippen LogP contribution in [0.15, 0.2) is 77.6 Å². The lowest BCUT2D eigenvalue weighted by Gasteiger charge is -2.37. The van der Waals surface area contributed by atoms with Crippen molar-refractivity contribution < 1.29 is 14.0 Å². The van der Waals surface area contributed by atoms with Gasteiger partial charge in [-0.25, -0.2) is 0 Å². The molecule has 1 N–H and O–H groups in total. The Morgan fingerprint density at radius 3 is 2.59 bits per heavy atom. The molecule has 6 heteroatoms. The van der Waals surface area contributed by atoms with Gasteiger partial charge in [-0.15, -0.1) is 0 Å². The van der Waals surface area contributed by atoms with Crippen molar-refractivity contribution in [3.05, 3.63) is 89.3 Å². The monoisotopic (exact) mass is 408 g/mol. The summed E-state index contributed by atoms with van der Waals surface area (Å²) in [4.78, 5) is 27.7. The van der Waals surface area contributed by atoms with Crippen molar-refractivity contribution in [3.63, 3.8) is 0 Å². The van der Waals surface area contributed by atoms with Crippen molar-refractivity contribution in [3.8, 4) is 0 Å². The normalized spacial score (nSPS) is 19.0. The van der Waals surface area contributed by atoms with Crippen LogP contribution in [0.5, 0.6) is 0 Å². The van der Waals surface area contributed by atoms with Crippen LogP contribution in [0.1, 0.15) is 28.3 Å². The fourth-order valence-electron chi connectivity index (χ4n) is 3.80. The van der Waals surface area contributed by atoms with E-state index >= 15 is 0 Å². The number of hydrogen-bond acceptors (Lipinski definition) is 3. The van der Waals surface area contributed by atoms with Gasteiger partial charge in [0.2, 0.25) is 5.91 Å². The molecule has 2 aromatic carbocycles. The molecule has 3 aromatic rings. The number of nitrogens with one attached hydrogen (secondary N) is 1. The van der Waals surface area contributed by atoms with Crippen molar-refractivity contribution in [2.45, 2.75) is 12.3 Å². The average Bonchev–Trinajstić information content (AvgIpc) is 3.28. The molecule has 1 aliphatic heterocycles. The number of anilines is 1. The molecule has 148 valence electrons. The molecule has 0 aliphatic carbocycles. The summed E-state index contributed by atoms with van der Waals surface area (Å²) in [6, 6.07) is 18.7. The number of carbonyl (C=O) groups excluding carboxylic acids is 2. The number of furan rings is 1. The van der Waals surface area contributed by atoms with Crippen LogP contribution in [0.4, 0.5) is 5.69 Å². The summed E-state index contributed by atoms with van der Waals surface area (Å²) < 4.78 is 5.06. The van der Waals surface area contributed by atoms with Crippen LogP contribution in [-0.2, 0) is 4.79 Å². The van der Waals surface area contributed by atoms with E-state index in [4.69, 9.17) is 16.0 Å². The van der Waals surface area contributed by atoms with Gasteiger partial charge in [-0.2, -0.15) is 0 Å². The van der Waals surface area contributed by atoms with E-state index in [1.165, 1.54) is 12.5 Å². The zero-order chi connectivity index (χ0) is 20.2. The summed E-state index contributed by atoms with van der Waals surface area (Å²) in [7, 11) is 0. The van der Waals surface area contributed by atoms with Gasteiger partial charge in [-0.05, 0) is 36.2 Å². The number of rotatable bonds is 4. The summed E-state index contributed by atoms with van der Waals surface area (Å²) in [6.07, 6.45) is 3.59. The van der Waals surface area contributed by atoms with E-state index in [1.54, 1.807) is 35.2 Å². The molecular weight excluding hydrogens is 388 g/mol. The molecule has 1 aliphatic rings. The highest BCUT2D eigenvalue weighted by Gasteiger charge is 2.35. The molecule has 2 amide bonds. The fraction of sp³-hybridized carbons (Fsp3) is 0.217. The lowest BCUT2D eigenvalue weighted by Crippen LogP contribution is -2.46. The number of carbonyl (C=O) groups is 2. The SMILES string of the molecule is O=C(Nc1cccc(Cl)c1)C1CC(c2ccccc2)CN(C(=O)c2ccoc2)C1. The van der Waals surface area contributed by atoms with E-state index in [-0.39, 0.29) is 23.7 Å². The van der Waals surface area contributed by atoms with Gasteiger partial charge in [0, 0.05) is 29.7 Å². The smallest absolute Gasteiger partial charge is 0.257 e. The first-order valence-electron chi connectivity index (χ1n) is 9.53. The zero-order valence-electron chi connectivity index (χ0n) is 15.8. The molecule has 5 nitrogen and oxygen atoms in total. The number of halogens is 1. The topological polar surface area (TPSA) is 62.6 Å². The fourth-order valence-corrected chi connectivity index (χ4v) is 3.99. The van der Waals surface area contributed by atoms with Crippen LogP contribution in [0, 0.1) is 5.92 Å². The van der Waals surface area contributed by atoms with Gasteiger partial charge in [0.1, 0.15) is 6.26 Å². The Kier molecular flexibility index (Phi) is 5.67. The minimum Gasteiger partial charge on any atom is -0.472 e. The quantitative estimate of drug-likeness (QED) is 0.673. The van der Waals surface area contributed by atoms with Gasteiger partial charge in [-0.3, -0.25) is 9.59 Å². The van der Waals surface area contributed by atoms with E-state index in [0.29, 0.717) is 35.8 Å². The molecule has 0 radical (unpaired) electrons. The van der Waals surface area contributed by atoms with E-state index < -0.39 is 0 Å². The van der Waals surface area contributed by atoms with Gasteiger partial charge >= 0.3 is 0 Å². The largest absolute Gasteiger partial charge is 0.472 e. The summed E-state index contributed by atoms with van der Waals surface area (Å²) in [6.45, 7) is 0.925. The van der Waals surface area contributed by atoms with Crippen LogP contribution in [0.2, 0.25) is 5.02 Å². The Balaban J connectivity index is 1.56. The minimum absolute atomic E-state index is 0.0795. The van der Waals surface area contributed by atoms with Crippen LogP contribution in [0.3, 0.4) is 0 Å². The Morgan fingerprint density at radius 1 is 1.03 bits per heavy atom. The second-order valence-corrected chi connectivity index (χ2v) is 7.70. The van der Waals surface area contributed by atoms with Gasteiger partial charge in [0.15, 0.2) is 0 Å². The van der Waals surface area contributed by atoms with Gasteiger partial charge in [-0.1, -0.05) is 48.0 Å². The summed E-state index contributed by atoms with van der Waals surface area (Å²) >= 11 is 6.03. The van der Waals surface area contributed by atoms with Gasteiger partial charge in [0.05, 0.1) is 17.7 Å². The molecule has 0 saturated carbocycles.